The van der Waals surface area contributed by atoms with E-state index in [0.717, 1.165) is 24.1 Å². The fraction of sp³-hybridized carbons (Fsp3) is 0.615. The van der Waals surface area contributed by atoms with E-state index in [9.17, 15) is 4.79 Å². The molecule has 1 N–H and O–H groups in total. The molecule has 1 aliphatic heterocycles. The third-order valence-corrected chi connectivity index (χ3v) is 5.06. The molecule has 0 radical (unpaired) electrons. The SMILES string of the molecule is CN(CC(=O)O)CC1CN(Cc2cscc2Br)CCO1. The molecule has 1 saturated heterocycles. The number of likely N-dealkylation sites (N-methyl/N-ethyl adjacent to an activating group) is 1. The fourth-order valence-corrected chi connectivity index (χ4v) is 3.76. The van der Waals surface area contributed by atoms with Gasteiger partial charge in [0.05, 0.1) is 19.3 Å². The van der Waals surface area contributed by atoms with Crippen molar-refractivity contribution in [2.24, 2.45) is 0 Å². The van der Waals surface area contributed by atoms with Crippen LogP contribution in [0.4, 0.5) is 0 Å². The van der Waals surface area contributed by atoms with Gasteiger partial charge in [0, 0.05) is 36.0 Å². The average Bonchev–Trinajstić information content (AvgIpc) is 2.74. The van der Waals surface area contributed by atoms with Crippen LogP contribution in [0.5, 0.6) is 0 Å². The maximum Gasteiger partial charge on any atom is 0.317 e. The Hall–Kier alpha value is -0.470. The number of thiophene rings is 1. The quantitative estimate of drug-likeness (QED) is 0.834. The van der Waals surface area contributed by atoms with Crippen LogP contribution in [0.2, 0.25) is 0 Å². The number of carboxylic acids is 1. The summed E-state index contributed by atoms with van der Waals surface area (Å²) in [6.45, 7) is 4.07. The van der Waals surface area contributed by atoms with Gasteiger partial charge < -0.3 is 9.84 Å². The lowest BCUT2D eigenvalue weighted by Gasteiger charge is -2.34. The molecule has 0 amide bonds. The van der Waals surface area contributed by atoms with Gasteiger partial charge in [0.1, 0.15) is 0 Å². The maximum absolute atomic E-state index is 10.7. The van der Waals surface area contributed by atoms with E-state index in [-0.39, 0.29) is 12.6 Å². The van der Waals surface area contributed by atoms with E-state index in [4.69, 9.17) is 9.84 Å². The number of rotatable bonds is 6. The van der Waals surface area contributed by atoms with Gasteiger partial charge in [-0.05, 0) is 33.9 Å². The number of morpholine rings is 1. The average molecular weight is 363 g/mol. The molecule has 112 valence electrons. The molecule has 0 bridgehead atoms. The topological polar surface area (TPSA) is 53.0 Å². The second-order valence-electron chi connectivity index (χ2n) is 5.06. The van der Waals surface area contributed by atoms with Crippen LogP contribution in [-0.4, -0.2) is 66.8 Å². The van der Waals surface area contributed by atoms with Crippen LogP contribution < -0.4 is 0 Å². The monoisotopic (exact) mass is 362 g/mol. The van der Waals surface area contributed by atoms with Gasteiger partial charge in [0.25, 0.3) is 0 Å². The van der Waals surface area contributed by atoms with Crippen LogP contribution in [0.3, 0.4) is 0 Å². The zero-order valence-corrected chi connectivity index (χ0v) is 13.8. The standard InChI is InChI=1S/C13H19BrN2O3S/c1-15(7-13(17)18)5-11-6-16(2-3-19-11)4-10-8-20-9-12(10)14/h8-9,11H,2-7H2,1H3,(H,17,18). The molecule has 0 aliphatic carbocycles. The first-order valence-corrected chi connectivity index (χ1v) is 8.23. The molecule has 7 heteroatoms. The lowest BCUT2D eigenvalue weighted by Crippen LogP contribution is -2.47. The predicted octanol–water partition coefficient (Wildman–Crippen LogP) is 1.73. The summed E-state index contributed by atoms with van der Waals surface area (Å²) in [5.41, 5.74) is 1.30. The number of nitrogens with zero attached hydrogens (tertiary/aromatic N) is 2. The Labute approximate surface area is 131 Å². The van der Waals surface area contributed by atoms with Crippen LogP contribution in [0, 0.1) is 0 Å². The van der Waals surface area contributed by atoms with Gasteiger partial charge in [-0.1, -0.05) is 0 Å². The first-order valence-electron chi connectivity index (χ1n) is 6.49. The highest BCUT2D eigenvalue weighted by molar-refractivity contribution is 9.10. The number of ether oxygens (including phenoxy) is 1. The molecule has 1 atom stereocenters. The van der Waals surface area contributed by atoms with Crippen molar-refractivity contribution in [1.82, 2.24) is 9.80 Å². The molecule has 0 saturated carbocycles. The van der Waals surface area contributed by atoms with E-state index in [2.05, 4.69) is 31.6 Å². The summed E-state index contributed by atoms with van der Waals surface area (Å²) in [4.78, 5) is 14.8. The molecule has 0 spiro atoms. The Bertz CT molecular complexity index is 455. The fourth-order valence-electron chi connectivity index (χ4n) is 2.34. The largest absolute Gasteiger partial charge is 0.480 e. The number of carbonyl (C=O) groups is 1. The third-order valence-electron chi connectivity index (χ3n) is 3.23. The predicted molar refractivity (Wildman–Crippen MR) is 82.2 cm³/mol. The number of hydrogen-bond acceptors (Lipinski definition) is 5. The highest BCUT2D eigenvalue weighted by Gasteiger charge is 2.22. The molecule has 1 aliphatic rings. The van der Waals surface area contributed by atoms with Crippen molar-refractivity contribution >= 4 is 33.2 Å². The van der Waals surface area contributed by atoms with E-state index < -0.39 is 5.97 Å². The second-order valence-corrected chi connectivity index (χ2v) is 6.66. The van der Waals surface area contributed by atoms with Crippen LogP contribution in [0.25, 0.3) is 0 Å². The molecule has 20 heavy (non-hydrogen) atoms. The number of hydrogen-bond donors (Lipinski definition) is 1. The van der Waals surface area contributed by atoms with Gasteiger partial charge in [0.2, 0.25) is 0 Å². The molecule has 0 aromatic carbocycles. The molecule has 1 unspecified atom stereocenters. The summed E-state index contributed by atoms with van der Waals surface area (Å²) >= 11 is 5.25. The Balaban J connectivity index is 1.82. The lowest BCUT2D eigenvalue weighted by molar-refractivity contribution is -0.138. The Kier molecular flexibility index (Phi) is 5.98. The molecule has 2 rings (SSSR count). The van der Waals surface area contributed by atoms with E-state index in [1.54, 1.807) is 16.2 Å². The van der Waals surface area contributed by atoms with E-state index in [1.165, 1.54) is 5.56 Å². The van der Waals surface area contributed by atoms with Crippen molar-refractivity contribution in [2.75, 3.05) is 39.8 Å². The first kappa shape index (κ1) is 15.9. The van der Waals surface area contributed by atoms with E-state index in [1.807, 2.05) is 7.05 Å². The number of aliphatic carboxylic acids is 1. The van der Waals surface area contributed by atoms with Gasteiger partial charge in [-0.25, -0.2) is 0 Å². The van der Waals surface area contributed by atoms with Crippen LogP contribution in [-0.2, 0) is 16.1 Å². The van der Waals surface area contributed by atoms with Crippen molar-refractivity contribution < 1.29 is 14.6 Å². The van der Waals surface area contributed by atoms with Gasteiger partial charge >= 0.3 is 5.97 Å². The maximum atomic E-state index is 10.7. The molecular weight excluding hydrogens is 344 g/mol. The van der Waals surface area contributed by atoms with Crippen molar-refractivity contribution in [3.63, 3.8) is 0 Å². The highest BCUT2D eigenvalue weighted by Crippen LogP contribution is 2.23. The van der Waals surface area contributed by atoms with Crippen LogP contribution in [0.1, 0.15) is 5.56 Å². The van der Waals surface area contributed by atoms with E-state index >= 15 is 0 Å². The van der Waals surface area contributed by atoms with Gasteiger partial charge in [0.15, 0.2) is 0 Å². The van der Waals surface area contributed by atoms with Crippen molar-refractivity contribution in [3.8, 4) is 0 Å². The zero-order chi connectivity index (χ0) is 14.5. The summed E-state index contributed by atoms with van der Waals surface area (Å²) in [6.07, 6.45) is 0.0745. The van der Waals surface area contributed by atoms with Crippen LogP contribution in [0.15, 0.2) is 15.2 Å². The summed E-state index contributed by atoms with van der Waals surface area (Å²) in [5.74, 6) is -0.803. The van der Waals surface area contributed by atoms with E-state index in [0.29, 0.717) is 13.2 Å². The summed E-state index contributed by atoms with van der Waals surface area (Å²) in [6, 6.07) is 0. The van der Waals surface area contributed by atoms with Crippen molar-refractivity contribution in [3.05, 3.63) is 20.8 Å². The summed E-state index contributed by atoms with van der Waals surface area (Å²) in [7, 11) is 1.81. The van der Waals surface area contributed by atoms with Crippen molar-refractivity contribution in [2.45, 2.75) is 12.6 Å². The number of halogens is 1. The van der Waals surface area contributed by atoms with Gasteiger partial charge in [-0.15, -0.1) is 0 Å². The molecule has 5 nitrogen and oxygen atoms in total. The minimum absolute atomic E-state index is 0.0515. The van der Waals surface area contributed by atoms with Crippen molar-refractivity contribution in [1.29, 1.82) is 0 Å². The Morgan fingerprint density at radius 2 is 2.45 bits per heavy atom. The lowest BCUT2D eigenvalue weighted by atomic mass is 10.2. The van der Waals surface area contributed by atoms with Crippen LogP contribution >= 0.6 is 27.3 Å². The molecule has 1 aromatic heterocycles. The molecule has 2 heterocycles. The number of carboxylic acid groups (broad SMARTS) is 1. The Morgan fingerprint density at radius 1 is 1.65 bits per heavy atom. The molecular formula is C13H19BrN2O3S. The first-order chi connectivity index (χ1) is 9.54. The smallest absolute Gasteiger partial charge is 0.317 e. The minimum Gasteiger partial charge on any atom is -0.480 e. The second kappa shape index (κ2) is 7.51. The minimum atomic E-state index is -0.803. The highest BCUT2D eigenvalue weighted by atomic mass is 79.9. The molecule has 1 aromatic rings. The third kappa shape index (κ3) is 4.82. The Morgan fingerprint density at radius 3 is 3.10 bits per heavy atom. The zero-order valence-electron chi connectivity index (χ0n) is 11.4. The molecule has 1 fully saturated rings. The summed E-state index contributed by atoms with van der Waals surface area (Å²) < 4.78 is 6.89. The van der Waals surface area contributed by atoms with Gasteiger partial charge in [-0.3, -0.25) is 14.6 Å². The van der Waals surface area contributed by atoms with Gasteiger partial charge in [-0.2, -0.15) is 11.3 Å². The summed E-state index contributed by atoms with van der Waals surface area (Å²) in [5, 5.41) is 13.0. The normalized spacial score (nSPS) is 20.4.